The monoisotopic (exact) mass is 272 g/mol. The first-order valence-corrected chi connectivity index (χ1v) is 6.37. The van der Waals surface area contributed by atoms with E-state index in [9.17, 15) is 10.1 Å². The lowest BCUT2D eigenvalue weighted by Crippen LogP contribution is -2.41. The van der Waals surface area contributed by atoms with Crippen LogP contribution in [0.1, 0.15) is 43.6 Å². The molecule has 1 fully saturated rings. The highest BCUT2D eigenvalue weighted by molar-refractivity contribution is 6.63. The summed E-state index contributed by atoms with van der Waals surface area (Å²) in [4.78, 5) is 11.3. The number of primary amides is 1. The van der Waals surface area contributed by atoms with E-state index in [0.717, 1.165) is 0 Å². The molecule has 1 aliphatic rings. The van der Waals surface area contributed by atoms with Crippen LogP contribution in [0.2, 0.25) is 0 Å². The van der Waals surface area contributed by atoms with Crippen LogP contribution in [0.3, 0.4) is 0 Å². The lowest BCUT2D eigenvalue weighted by atomic mass is 9.75. The number of amides is 1. The summed E-state index contributed by atoms with van der Waals surface area (Å²) in [5, 5.41) is 9.19. The molecule has 0 aliphatic carbocycles. The molecule has 5 nitrogen and oxygen atoms in total. The normalized spacial score (nSPS) is 19.6. The topological polar surface area (TPSA) is 85.3 Å². The zero-order valence-corrected chi connectivity index (χ0v) is 12.1. The average Bonchev–Trinajstić information content (AvgIpc) is 2.57. The van der Waals surface area contributed by atoms with Crippen molar-refractivity contribution >= 4 is 18.5 Å². The minimum atomic E-state index is -0.686. The van der Waals surface area contributed by atoms with Gasteiger partial charge in [-0.25, -0.2) is 0 Å². The number of benzene rings is 1. The van der Waals surface area contributed by atoms with Crippen molar-refractivity contribution in [3.8, 4) is 6.07 Å². The lowest BCUT2D eigenvalue weighted by Gasteiger charge is -2.32. The zero-order valence-electron chi connectivity index (χ0n) is 12.1. The predicted octanol–water partition coefficient (Wildman–Crippen LogP) is 0.956. The summed E-state index contributed by atoms with van der Waals surface area (Å²) in [5.41, 5.74) is 5.53. The van der Waals surface area contributed by atoms with Gasteiger partial charge in [-0.15, -0.1) is 0 Å². The number of rotatable bonds is 2. The van der Waals surface area contributed by atoms with Gasteiger partial charge in [0.2, 0.25) is 5.91 Å². The first-order valence-electron chi connectivity index (χ1n) is 6.37. The molecule has 1 aliphatic heterocycles. The van der Waals surface area contributed by atoms with Crippen LogP contribution in [0.15, 0.2) is 18.2 Å². The van der Waals surface area contributed by atoms with Crippen molar-refractivity contribution in [1.29, 1.82) is 5.26 Å². The van der Waals surface area contributed by atoms with E-state index in [0.29, 0.717) is 16.6 Å². The van der Waals surface area contributed by atoms with E-state index in [1.165, 1.54) is 6.07 Å². The average molecular weight is 272 g/mol. The Labute approximate surface area is 118 Å². The van der Waals surface area contributed by atoms with Crippen LogP contribution in [0.4, 0.5) is 0 Å². The van der Waals surface area contributed by atoms with Crippen LogP contribution < -0.4 is 11.2 Å². The van der Waals surface area contributed by atoms with E-state index >= 15 is 0 Å². The van der Waals surface area contributed by atoms with Crippen molar-refractivity contribution in [3.63, 3.8) is 0 Å². The maximum atomic E-state index is 11.3. The molecule has 1 amide bonds. The third kappa shape index (κ3) is 2.30. The Morgan fingerprint density at radius 1 is 1.25 bits per heavy atom. The second-order valence-electron chi connectivity index (χ2n) is 5.87. The number of carbonyl (C=O) groups is 1. The summed E-state index contributed by atoms with van der Waals surface area (Å²) in [6, 6.07) is 6.72. The highest BCUT2D eigenvalue weighted by atomic mass is 16.7. The first-order chi connectivity index (χ1) is 9.18. The summed E-state index contributed by atoms with van der Waals surface area (Å²) in [5.74, 6) is -0.549. The molecule has 6 heteroatoms. The van der Waals surface area contributed by atoms with Crippen molar-refractivity contribution in [1.82, 2.24) is 0 Å². The van der Waals surface area contributed by atoms with Gasteiger partial charge in [0.05, 0.1) is 22.8 Å². The van der Waals surface area contributed by atoms with Crippen LogP contribution in [-0.4, -0.2) is 24.2 Å². The fourth-order valence-corrected chi connectivity index (χ4v) is 1.98. The van der Waals surface area contributed by atoms with Gasteiger partial charge in [-0.05, 0) is 45.9 Å². The number of hydrogen-bond acceptors (Lipinski definition) is 4. The van der Waals surface area contributed by atoms with E-state index in [4.69, 9.17) is 15.0 Å². The van der Waals surface area contributed by atoms with Crippen LogP contribution >= 0.6 is 0 Å². The Morgan fingerprint density at radius 3 is 2.25 bits per heavy atom. The molecule has 0 radical (unpaired) electrons. The minimum Gasteiger partial charge on any atom is -0.399 e. The molecule has 2 N–H and O–H groups in total. The van der Waals surface area contributed by atoms with Gasteiger partial charge in [-0.1, -0.05) is 0 Å². The van der Waals surface area contributed by atoms with E-state index in [1.54, 1.807) is 12.1 Å². The molecule has 1 saturated heterocycles. The van der Waals surface area contributed by atoms with Crippen LogP contribution in [-0.2, 0) is 9.31 Å². The Hall–Kier alpha value is -1.84. The van der Waals surface area contributed by atoms with E-state index < -0.39 is 24.2 Å². The Morgan fingerprint density at radius 2 is 1.80 bits per heavy atom. The SMILES string of the molecule is CC1(C)OB(c2cc(C(N)=O)ccc2C#N)OC1(C)C. The molecule has 0 saturated carbocycles. The molecule has 1 heterocycles. The molecule has 0 atom stereocenters. The van der Waals surface area contributed by atoms with E-state index in [1.807, 2.05) is 27.7 Å². The molecule has 0 spiro atoms. The van der Waals surface area contributed by atoms with Crippen LogP contribution in [0.5, 0.6) is 0 Å². The Bertz CT molecular complexity index is 589. The lowest BCUT2D eigenvalue weighted by molar-refractivity contribution is 0.00578. The van der Waals surface area contributed by atoms with Gasteiger partial charge in [0.25, 0.3) is 0 Å². The first kappa shape index (κ1) is 14.6. The van der Waals surface area contributed by atoms with Gasteiger partial charge in [-0.2, -0.15) is 5.26 Å². The zero-order chi connectivity index (χ0) is 15.1. The maximum absolute atomic E-state index is 11.3. The Balaban J connectivity index is 2.46. The van der Waals surface area contributed by atoms with Crippen molar-refractivity contribution in [2.45, 2.75) is 38.9 Å². The number of nitriles is 1. The standard InChI is InChI=1S/C14H17BN2O3/c1-13(2)14(3,4)20-15(19-13)11-7-9(12(17)18)5-6-10(11)8-16/h5-7H,1-4H3,(H2,17,18). The fraction of sp³-hybridized carbons (Fsp3) is 0.429. The highest BCUT2D eigenvalue weighted by Crippen LogP contribution is 2.36. The van der Waals surface area contributed by atoms with Gasteiger partial charge < -0.3 is 15.0 Å². The molecule has 0 bridgehead atoms. The van der Waals surface area contributed by atoms with Gasteiger partial charge in [0, 0.05) is 11.0 Å². The largest absolute Gasteiger partial charge is 0.496 e. The van der Waals surface area contributed by atoms with Crippen molar-refractivity contribution in [2.75, 3.05) is 0 Å². The van der Waals surface area contributed by atoms with E-state index in [-0.39, 0.29) is 0 Å². The molecule has 0 aromatic heterocycles. The van der Waals surface area contributed by atoms with Crippen LogP contribution in [0.25, 0.3) is 0 Å². The number of nitrogens with zero attached hydrogens (tertiary/aromatic N) is 1. The second kappa shape index (κ2) is 4.62. The van der Waals surface area contributed by atoms with Crippen molar-refractivity contribution < 1.29 is 14.1 Å². The third-order valence-electron chi connectivity index (χ3n) is 3.96. The quantitative estimate of drug-likeness (QED) is 0.812. The number of carbonyl (C=O) groups excluding carboxylic acids is 1. The molecule has 1 aromatic rings. The van der Waals surface area contributed by atoms with Gasteiger partial charge in [-0.3, -0.25) is 4.79 Å². The van der Waals surface area contributed by atoms with Gasteiger partial charge >= 0.3 is 7.12 Å². The highest BCUT2D eigenvalue weighted by Gasteiger charge is 2.52. The molecule has 104 valence electrons. The second-order valence-corrected chi connectivity index (χ2v) is 5.87. The molecular formula is C14H17BN2O3. The summed E-state index contributed by atoms with van der Waals surface area (Å²) >= 11 is 0. The van der Waals surface area contributed by atoms with Gasteiger partial charge in [0.15, 0.2) is 0 Å². The van der Waals surface area contributed by atoms with Crippen molar-refractivity contribution in [2.24, 2.45) is 5.73 Å². The molecular weight excluding hydrogens is 255 g/mol. The minimum absolute atomic E-state index is 0.328. The molecule has 20 heavy (non-hydrogen) atoms. The summed E-state index contributed by atoms with van der Waals surface area (Å²) in [6.45, 7) is 7.71. The van der Waals surface area contributed by atoms with Crippen molar-refractivity contribution in [3.05, 3.63) is 29.3 Å². The molecule has 0 unspecified atom stereocenters. The van der Waals surface area contributed by atoms with Gasteiger partial charge in [0.1, 0.15) is 0 Å². The Kier molecular flexibility index (Phi) is 3.36. The smallest absolute Gasteiger partial charge is 0.399 e. The summed E-state index contributed by atoms with van der Waals surface area (Å²) in [7, 11) is -0.686. The van der Waals surface area contributed by atoms with Crippen LogP contribution in [0, 0.1) is 11.3 Å². The third-order valence-corrected chi connectivity index (χ3v) is 3.96. The predicted molar refractivity (Wildman–Crippen MR) is 75.4 cm³/mol. The van der Waals surface area contributed by atoms with E-state index in [2.05, 4.69) is 6.07 Å². The summed E-state index contributed by atoms with van der Waals surface area (Å²) < 4.78 is 11.8. The maximum Gasteiger partial charge on any atom is 0.496 e. The molecule has 1 aromatic carbocycles. The number of nitrogens with two attached hydrogens (primary N) is 1. The molecule has 2 rings (SSSR count). The fourth-order valence-electron chi connectivity index (χ4n) is 1.98. The summed E-state index contributed by atoms with van der Waals surface area (Å²) in [6.07, 6.45) is 0. The number of hydrogen-bond donors (Lipinski definition) is 1.